The van der Waals surface area contributed by atoms with Gasteiger partial charge in [0.1, 0.15) is 12.4 Å². The van der Waals surface area contributed by atoms with Crippen molar-refractivity contribution in [2.75, 3.05) is 0 Å². The monoisotopic (exact) mass is 469 g/mol. The Morgan fingerprint density at radius 2 is 1.61 bits per heavy atom. The Kier molecular flexibility index (Phi) is 6.66. The number of hydrogen-bond acceptors (Lipinski definition) is 4. The minimum Gasteiger partial charge on any atom is -0.488 e. The highest BCUT2D eigenvalue weighted by Crippen LogP contribution is 2.35. The maximum atomic E-state index is 12.9. The second-order valence-electron chi connectivity index (χ2n) is 6.81. The quantitative estimate of drug-likeness (QED) is 0.372. The Morgan fingerprint density at radius 3 is 2.39 bits per heavy atom. The Balaban J connectivity index is 1.52. The minimum absolute atomic E-state index is 0.135. The number of imide groups is 1. The van der Waals surface area contributed by atoms with Gasteiger partial charge in [-0.2, -0.15) is 0 Å². The number of para-hydroxylation sites is 1. The van der Waals surface area contributed by atoms with E-state index in [1.165, 1.54) is 4.90 Å². The van der Waals surface area contributed by atoms with Crippen molar-refractivity contribution in [1.29, 1.82) is 0 Å². The van der Waals surface area contributed by atoms with E-state index in [1.54, 1.807) is 36.4 Å². The van der Waals surface area contributed by atoms with Crippen molar-refractivity contribution in [3.05, 3.63) is 104 Å². The van der Waals surface area contributed by atoms with Crippen LogP contribution >= 0.6 is 35.0 Å². The Labute approximate surface area is 194 Å². The minimum atomic E-state index is -0.345. The first-order valence-corrected chi connectivity index (χ1v) is 11.0. The summed E-state index contributed by atoms with van der Waals surface area (Å²) in [7, 11) is 0. The van der Waals surface area contributed by atoms with E-state index >= 15 is 0 Å². The maximum Gasteiger partial charge on any atom is 0.293 e. The molecule has 1 fully saturated rings. The first kappa shape index (κ1) is 21.5. The highest BCUT2D eigenvalue weighted by Gasteiger charge is 2.35. The molecule has 31 heavy (non-hydrogen) atoms. The average Bonchev–Trinajstić information content (AvgIpc) is 3.03. The molecule has 0 radical (unpaired) electrons. The summed E-state index contributed by atoms with van der Waals surface area (Å²) in [5.74, 6) is 0.276. The predicted octanol–water partition coefficient (Wildman–Crippen LogP) is 6.81. The molecule has 4 rings (SSSR count). The largest absolute Gasteiger partial charge is 0.488 e. The summed E-state index contributed by atoms with van der Waals surface area (Å²) in [5.41, 5.74) is 2.42. The second-order valence-corrected chi connectivity index (χ2v) is 8.65. The van der Waals surface area contributed by atoms with Gasteiger partial charge in [-0.3, -0.25) is 14.5 Å². The van der Waals surface area contributed by atoms with Crippen molar-refractivity contribution in [2.24, 2.45) is 0 Å². The number of benzene rings is 3. The van der Waals surface area contributed by atoms with Gasteiger partial charge in [-0.25, -0.2) is 0 Å². The van der Waals surface area contributed by atoms with Crippen LogP contribution in [0.25, 0.3) is 6.08 Å². The van der Waals surface area contributed by atoms with Crippen molar-refractivity contribution in [2.45, 2.75) is 13.2 Å². The molecule has 0 atom stereocenters. The van der Waals surface area contributed by atoms with E-state index in [0.717, 1.165) is 28.5 Å². The molecule has 2 amide bonds. The molecule has 7 heteroatoms. The Hall–Kier alpha value is -2.73. The first-order valence-electron chi connectivity index (χ1n) is 9.46. The molecule has 1 aliphatic rings. The smallest absolute Gasteiger partial charge is 0.293 e. The lowest BCUT2D eigenvalue weighted by molar-refractivity contribution is -0.123. The van der Waals surface area contributed by atoms with Gasteiger partial charge in [0, 0.05) is 15.6 Å². The standard InChI is InChI=1S/C24H17Cl2NO3S/c25-19-11-9-16(10-12-19)15-30-21-8-4-2-5-17(21)13-22-23(28)27(24(29)31-22)14-18-6-1-3-7-20(18)26/h1-13H,14-15H2/b22-13-. The summed E-state index contributed by atoms with van der Waals surface area (Å²) in [6, 6.07) is 22.0. The molecule has 0 N–H and O–H groups in total. The zero-order chi connectivity index (χ0) is 21.8. The third kappa shape index (κ3) is 5.13. The number of nitrogens with zero attached hydrogens (tertiary/aromatic N) is 1. The van der Waals surface area contributed by atoms with Gasteiger partial charge in [-0.05, 0) is 53.2 Å². The fourth-order valence-electron chi connectivity index (χ4n) is 3.05. The predicted molar refractivity (Wildman–Crippen MR) is 125 cm³/mol. The fraction of sp³-hybridized carbons (Fsp3) is 0.0833. The van der Waals surface area contributed by atoms with Crippen LogP contribution < -0.4 is 4.74 Å². The van der Waals surface area contributed by atoms with Crippen LogP contribution in [0.5, 0.6) is 5.75 Å². The third-order valence-corrected chi connectivity index (χ3v) is 6.20. The highest BCUT2D eigenvalue weighted by molar-refractivity contribution is 8.18. The maximum absolute atomic E-state index is 12.9. The number of ether oxygens (including phenoxy) is 1. The molecular weight excluding hydrogens is 453 g/mol. The van der Waals surface area contributed by atoms with E-state index in [4.69, 9.17) is 27.9 Å². The van der Waals surface area contributed by atoms with Gasteiger partial charge in [-0.15, -0.1) is 0 Å². The number of amides is 2. The number of carbonyl (C=O) groups excluding carboxylic acids is 2. The zero-order valence-electron chi connectivity index (χ0n) is 16.3. The van der Waals surface area contributed by atoms with Gasteiger partial charge in [0.25, 0.3) is 11.1 Å². The Bertz CT molecular complexity index is 1160. The summed E-state index contributed by atoms with van der Waals surface area (Å²) in [6.45, 7) is 0.492. The van der Waals surface area contributed by atoms with Gasteiger partial charge < -0.3 is 4.74 Å². The van der Waals surface area contributed by atoms with Gasteiger partial charge in [0.2, 0.25) is 0 Å². The van der Waals surface area contributed by atoms with Gasteiger partial charge in [0.15, 0.2) is 0 Å². The molecule has 4 nitrogen and oxygen atoms in total. The van der Waals surface area contributed by atoms with Crippen molar-refractivity contribution in [1.82, 2.24) is 4.90 Å². The highest BCUT2D eigenvalue weighted by atomic mass is 35.5. The summed E-state index contributed by atoms with van der Waals surface area (Å²) < 4.78 is 5.95. The SMILES string of the molecule is O=C1S/C(=C\c2ccccc2OCc2ccc(Cl)cc2)C(=O)N1Cc1ccccc1Cl. The molecule has 3 aromatic rings. The van der Waals surface area contributed by atoms with Gasteiger partial charge >= 0.3 is 0 Å². The van der Waals surface area contributed by atoms with Gasteiger partial charge in [-0.1, -0.05) is 71.7 Å². The fourth-order valence-corrected chi connectivity index (χ4v) is 4.20. The molecule has 0 aromatic heterocycles. The molecule has 156 valence electrons. The molecular formula is C24H17Cl2NO3S. The van der Waals surface area contributed by atoms with E-state index in [1.807, 2.05) is 42.5 Å². The lowest BCUT2D eigenvalue weighted by atomic mass is 10.1. The van der Waals surface area contributed by atoms with Crippen molar-refractivity contribution < 1.29 is 14.3 Å². The molecule has 1 aliphatic heterocycles. The average molecular weight is 470 g/mol. The van der Waals surface area contributed by atoms with Crippen molar-refractivity contribution >= 4 is 52.2 Å². The van der Waals surface area contributed by atoms with E-state index < -0.39 is 0 Å². The first-order chi connectivity index (χ1) is 15.0. The van der Waals surface area contributed by atoms with Crippen LogP contribution in [0.1, 0.15) is 16.7 Å². The summed E-state index contributed by atoms with van der Waals surface area (Å²) in [6.07, 6.45) is 1.69. The number of hydrogen-bond donors (Lipinski definition) is 0. The Morgan fingerprint density at radius 1 is 0.903 bits per heavy atom. The normalized spacial score (nSPS) is 15.0. The van der Waals surface area contributed by atoms with Crippen LogP contribution in [0.3, 0.4) is 0 Å². The molecule has 1 heterocycles. The summed E-state index contributed by atoms with van der Waals surface area (Å²) in [5, 5.41) is 0.860. The molecule has 0 aliphatic carbocycles. The topological polar surface area (TPSA) is 46.6 Å². The zero-order valence-corrected chi connectivity index (χ0v) is 18.6. The molecule has 1 saturated heterocycles. The van der Waals surface area contributed by atoms with Crippen LogP contribution in [-0.2, 0) is 17.9 Å². The second kappa shape index (κ2) is 9.60. The summed E-state index contributed by atoms with van der Waals surface area (Å²) in [4.78, 5) is 26.9. The molecule has 0 bridgehead atoms. The van der Waals surface area contributed by atoms with Crippen LogP contribution in [0.15, 0.2) is 77.7 Å². The lowest BCUT2D eigenvalue weighted by Crippen LogP contribution is -2.27. The molecule has 0 saturated carbocycles. The van der Waals surface area contributed by atoms with E-state index in [2.05, 4.69) is 0 Å². The molecule has 3 aromatic carbocycles. The molecule has 0 spiro atoms. The third-order valence-electron chi connectivity index (χ3n) is 4.67. The lowest BCUT2D eigenvalue weighted by Gasteiger charge is -2.13. The number of carbonyl (C=O) groups is 2. The van der Waals surface area contributed by atoms with E-state index in [0.29, 0.717) is 27.3 Å². The number of rotatable bonds is 6. The van der Waals surface area contributed by atoms with Crippen LogP contribution in [0, 0.1) is 0 Å². The van der Waals surface area contributed by atoms with Crippen molar-refractivity contribution in [3.8, 4) is 5.75 Å². The van der Waals surface area contributed by atoms with E-state index in [-0.39, 0.29) is 17.7 Å². The van der Waals surface area contributed by atoms with Gasteiger partial charge in [0.05, 0.1) is 11.4 Å². The molecule has 0 unspecified atom stereocenters. The van der Waals surface area contributed by atoms with Crippen LogP contribution in [0.2, 0.25) is 10.0 Å². The number of thioether (sulfide) groups is 1. The van der Waals surface area contributed by atoms with E-state index in [9.17, 15) is 9.59 Å². The van der Waals surface area contributed by atoms with Crippen LogP contribution in [0.4, 0.5) is 4.79 Å². The number of halogens is 2. The summed E-state index contributed by atoms with van der Waals surface area (Å²) >= 11 is 13.0. The van der Waals surface area contributed by atoms with Crippen LogP contribution in [-0.4, -0.2) is 16.0 Å². The van der Waals surface area contributed by atoms with Crippen molar-refractivity contribution in [3.63, 3.8) is 0 Å².